The molecule has 0 radical (unpaired) electrons. The Morgan fingerprint density at radius 3 is 2.55 bits per heavy atom. The molecule has 1 amide bonds. The van der Waals surface area contributed by atoms with Gasteiger partial charge >= 0.3 is 6.09 Å². The molecule has 0 N–H and O–H groups in total. The lowest BCUT2D eigenvalue weighted by Crippen LogP contribution is -2.34. The summed E-state index contributed by atoms with van der Waals surface area (Å²) in [6.07, 6.45) is 1.85. The molecule has 0 heterocycles. The maximum atomic E-state index is 10.9. The van der Waals surface area contributed by atoms with Gasteiger partial charge in [0, 0.05) is 13.1 Å². The second kappa shape index (κ2) is 4.99. The van der Waals surface area contributed by atoms with Gasteiger partial charge in [-0.05, 0) is 13.3 Å². The van der Waals surface area contributed by atoms with E-state index in [4.69, 9.17) is 0 Å². The number of carbonyl (C=O) groups excluding carboxylic acids is 1. The molecule has 0 saturated carbocycles. The van der Waals surface area contributed by atoms with Crippen molar-refractivity contribution in [1.82, 2.24) is 4.90 Å². The van der Waals surface area contributed by atoms with Gasteiger partial charge in [0.2, 0.25) is 0 Å². The molecule has 0 rings (SSSR count). The van der Waals surface area contributed by atoms with Gasteiger partial charge in [0.1, 0.15) is 0 Å². The average molecular weight is 159 g/mol. The lowest BCUT2D eigenvalue weighted by atomic mass is 10.2. The Balaban J connectivity index is 3.80. The van der Waals surface area contributed by atoms with Gasteiger partial charge in [-0.25, -0.2) is 4.79 Å². The number of methoxy groups -OCH3 is 1. The fraction of sp³-hybridized carbons (Fsp3) is 0.875. The summed E-state index contributed by atoms with van der Waals surface area (Å²) in [5.74, 6) is 0. The Morgan fingerprint density at radius 2 is 2.18 bits per heavy atom. The number of hydrogen-bond donors (Lipinski definition) is 0. The molecule has 0 bridgehead atoms. The predicted octanol–water partition coefficient (Wildman–Crippen LogP) is 1.87. The Kier molecular flexibility index (Phi) is 4.66. The van der Waals surface area contributed by atoms with E-state index in [0.717, 1.165) is 12.8 Å². The van der Waals surface area contributed by atoms with Crippen LogP contribution in [0, 0.1) is 0 Å². The van der Waals surface area contributed by atoms with Crippen molar-refractivity contribution < 1.29 is 9.53 Å². The van der Waals surface area contributed by atoms with Crippen LogP contribution in [-0.2, 0) is 4.74 Å². The Bertz CT molecular complexity index is 125. The molecule has 0 fully saturated rings. The van der Waals surface area contributed by atoms with Crippen molar-refractivity contribution in [3.8, 4) is 0 Å². The van der Waals surface area contributed by atoms with Gasteiger partial charge in [0.15, 0.2) is 0 Å². The number of ether oxygens (including phenoxy) is 1. The second-order valence-electron chi connectivity index (χ2n) is 2.72. The van der Waals surface area contributed by atoms with Gasteiger partial charge in [-0.3, -0.25) is 0 Å². The monoisotopic (exact) mass is 159 g/mol. The van der Waals surface area contributed by atoms with Crippen molar-refractivity contribution in [2.24, 2.45) is 0 Å². The minimum atomic E-state index is -0.258. The first-order valence-electron chi connectivity index (χ1n) is 3.94. The lowest BCUT2D eigenvalue weighted by molar-refractivity contribution is 0.118. The van der Waals surface area contributed by atoms with Crippen LogP contribution in [0.25, 0.3) is 0 Å². The minimum Gasteiger partial charge on any atom is -0.453 e. The molecule has 1 atom stereocenters. The molecule has 0 aromatic carbocycles. The Hall–Kier alpha value is -0.730. The van der Waals surface area contributed by atoms with Crippen molar-refractivity contribution in [1.29, 1.82) is 0 Å². The predicted molar refractivity (Wildman–Crippen MR) is 44.5 cm³/mol. The van der Waals surface area contributed by atoms with Crippen LogP contribution in [-0.4, -0.2) is 31.2 Å². The second-order valence-corrected chi connectivity index (χ2v) is 2.72. The number of amides is 1. The van der Waals surface area contributed by atoms with E-state index in [1.807, 2.05) is 6.92 Å². The highest BCUT2D eigenvalue weighted by Gasteiger charge is 2.13. The molecule has 0 spiro atoms. The summed E-state index contributed by atoms with van der Waals surface area (Å²) in [6.45, 7) is 4.11. The van der Waals surface area contributed by atoms with Gasteiger partial charge in [0.05, 0.1) is 7.11 Å². The zero-order valence-electron chi connectivity index (χ0n) is 7.76. The van der Waals surface area contributed by atoms with Gasteiger partial charge < -0.3 is 9.64 Å². The first-order chi connectivity index (χ1) is 5.13. The van der Waals surface area contributed by atoms with Gasteiger partial charge in [-0.1, -0.05) is 13.3 Å². The van der Waals surface area contributed by atoms with E-state index in [0.29, 0.717) is 0 Å². The quantitative estimate of drug-likeness (QED) is 0.629. The van der Waals surface area contributed by atoms with E-state index in [1.165, 1.54) is 7.11 Å². The van der Waals surface area contributed by atoms with Crippen LogP contribution in [0.3, 0.4) is 0 Å². The zero-order chi connectivity index (χ0) is 8.85. The molecular formula is C8H17NO2. The molecule has 3 heteroatoms. The minimum absolute atomic E-state index is 0.258. The van der Waals surface area contributed by atoms with E-state index >= 15 is 0 Å². The molecule has 66 valence electrons. The summed E-state index contributed by atoms with van der Waals surface area (Å²) in [6, 6.07) is 0.271. The number of rotatable bonds is 3. The van der Waals surface area contributed by atoms with E-state index < -0.39 is 0 Å². The van der Waals surface area contributed by atoms with E-state index in [2.05, 4.69) is 11.7 Å². The summed E-state index contributed by atoms with van der Waals surface area (Å²) in [4.78, 5) is 12.5. The molecule has 0 aliphatic rings. The summed E-state index contributed by atoms with van der Waals surface area (Å²) < 4.78 is 4.57. The van der Waals surface area contributed by atoms with Crippen LogP contribution in [0.2, 0.25) is 0 Å². The molecule has 3 nitrogen and oxygen atoms in total. The summed E-state index contributed by atoms with van der Waals surface area (Å²) in [5.41, 5.74) is 0. The first-order valence-corrected chi connectivity index (χ1v) is 3.94. The highest BCUT2D eigenvalue weighted by molar-refractivity contribution is 5.67. The molecule has 0 aromatic heterocycles. The summed E-state index contributed by atoms with van der Waals surface area (Å²) in [7, 11) is 3.16. The SMILES string of the molecule is CCCC(C)N(C)C(=O)OC. The van der Waals surface area contributed by atoms with Crippen LogP contribution < -0.4 is 0 Å². The Labute approximate surface area is 68.3 Å². The van der Waals surface area contributed by atoms with Crippen molar-refractivity contribution >= 4 is 6.09 Å². The molecule has 0 saturated heterocycles. The zero-order valence-corrected chi connectivity index (χ0v) is 7.76. The largest absolute Gasteiger partial charge is 0.453 e. The smallest absolute Gasteiger partial charge is 0.409 e. The number of carbonyl (C=O) groups is 1. The molecule has 0 aliphatic heterocycles. The lowest BCUT2D eigenvalue weighted by Gasteiger charge is -2.22. The molecule has 0 aliphatic carbocycles. The molecule has 1 unspecified atom stereocenters. The third-order valence-corrected chi connectivity index (χ3v) is 1.83. The highest BCUT2D eigenvalue weighted by Crippen LogP contribution is 2.04. The van der Waals surface area contributed by atoms with Crippen molar-refractivity contribution in [2.45, 2.75) is 32.7 Å². The van der Waals surface area contributed by atoms with Gasteiger partial charge in [-0.15, -0.1) is 0 Å². The third-order valence-electron chi connectivity index (χ3n) is 1.83. The number of nitrogens with zero attached hydrogens (tertiary/aromatic N) is 1. The molecular weight excluding hydrogens is 142 g/mol. The van der Waals surface area contributed by atoms with Crippen molar-refractivity contribution in [2.75, 3.05) is 14.2 Å². The van der Waals surface area contributed by atoms with Gasteiger partial charge in [-0.2, -0.15) is 0 Å². The maximum absolute atomic E-state index is 10.9. The maximum Gasteiger partial charge on any atom is 0.409 e. The van der Waals surface area contributed by atoms with E-state index in [1.54, 1.807) is 11.9 Å². The molecule has 0 aromatic rings. The normalized spacial score (nSPS) is 12.4. The standard InChI is InChI=1S/C8H17NO2/c1-5-6-7(2)9(3)8(10)11-4/h7H,5-6H2,1-4H3. The van der Waals surface area contributed by atoms with E-state index in [9.17, 15) is 4.79 Å². The van der Waals surface area contributed by atoms with Crippen molar-refractivity contribution in [3.63, 3.8) is 0 Å². The number of hydrogen-bond acceptors (Lipinski definition) is 2. The topological polar surface area (TPSA) is 29.5 Å². The first kappa shape index (κ1) is 10.3. The summed E-state index contributed by atoms with van der Waals surface area (Å²) in [5, 5.41) is 0. The average Bonchev–Trinajstić information content (AvgIpc) is 2.02. The van der Waals surface area contributed by atoms with Crippen LogP contribution >= 0.6 is 0 Å². The Morgan fingerprint density at radius 1 is 1.64 bits per heavy atom. The fourth-order valence-corrected chi connectivity index (χ4v) is 0.935. The van der Waals surface area contributed by atoms with Crippen LogP contribution in [0.4, 0.5) is 4.79 Å². The van der Waals surface area contributed by atoms with Gasteiger partial charge in [0.25, 0.3) is 0 Å². The third kappa shape index (κ3) is 3.25. The van der Waals surface area contributed by atoms with Crippen LogP contribution in [0.15, 0.2) is 0 Å². The van der Waals surface area contributed by atoms with Crippen LogP contribution in [0.1, 0.15) is 26.7 Å². The molecule has 11 heavy (non-hydrogen) atoms. The van der Waals surface area contributed by atoms with Crippen molar-refractivity contribution in [3.05, 3.63) is 0 Å². The fourth-order valence-electron chi connectivity index (χ4n) is 0.935. The van der Waals surface area contributed by atoms with E-state index in [-0.39, 0.29) is 12.1 Å². The highest BCUT2D eigenvalue weighted by atomic mass is 16.5. The summed E-state index contributed by atoms with van der Waals surface area (Å²) >= 11 is 0. The van der Waals surface area contributed by atoms with Crippen LogP contribution in [0.5, 0.6) is 0 Å².